The number of fused-ring (bicyclic) bond motifs is 1. The van der Waals surface area contributed by atoms with Gasteiger partial charge in [0.2, 0.25) is 5.89 Å². The Labute approximate surface area is 142 Å². The average Bonchev–Trinajstić information content (AvgIpc) is 3.20. The molecule has 0 bridgehead atoms. The number of hydrogen-bond acceptors (Lipinski definition) is 5. The fraction of sp³-hybridized carbons (Fsp3) is 0.167. The first-order valence-corrected chi connectivity index (χ1v) is 7.72. The summed E-state index contributed by atoms with van der Waals surface area (Å²) in [6.45, 7) is 2.18. The number of rotatable bonds is 4. The van der Waals surface area contributed by atoms with E-state index in [-0.39, 0.29) is 11.5 Å². The van der Waals surface area contributed by atoms with Crippen molar-refractivity contribution in [2.75, 3.05) is 7.11 Å². The fourth-order valence-electron chi connectivity index (χ4n) is 2.66. The molecule has 25 heavy (non-hydrogen) atoms. The van der Waals surface area contributed by atoms with Gasteiger partial charge in [0.05, 0.1) is 25.4 Å². The summed E-state index contributed by atoms with van der Waals surface area (Å²) < 4.78 is 26.7. The molecule has 7 heteroatoms. The molecule has 0 fully saturated rings. The van der Waals surface area contributed by atoms with Gasteiger partial charge in [0.1, 0.15) is 23.0 Å². The Bertz CT molecular complexity index is 1050. The van der Waals surface area contributed by atoms with Crippen LogP contribution in [0.15, 0.2) is 47.1 Å². The highest BCUT2D eigenvalue weighted by molar-refractivity contribution is 5.74. The maximum atomic E-state index is 14.1. The average molecular weight is 338 g/mol. The second-order valence-corrected chi connectivity index (χ2v) is 5.59. The summed E-state index contributed by atoms with van der Waals surface area (Å²) >= 11 is 0. The van der Waals surface area contributed by atoms with Gasteiger partial charge in [-0.2, -0.15) is 5.10 Å². The molecule has 126 valence electrons. The quantitative estimate of drug-likeness (QED) is 0.569. The monoisotopic (exact) mass is 338 g/mol. The largest absolute Gasteiger partial charge is 0.497 e. The second kappa shape index (κ2) is 6.01. The lowest BCUT2D eigenvalue weighted by molar-refractivity contribution is 0.413. The summed E-state index contributed by atoms with van der Waals surface area (Å²) in [4.78, 5) is 8.78. The number of ether oxygens (including phenoxy) is 1. The first-order chi connectivity index (χ1) is 12.2. The van der Waals surface area contributed by atoms with Crippen LogP contribution in [-0.2, 0) is 6.54 Å². The molecule has 4 aromatic rings. The minimum atomic E-state index is -0.417. The third-order valence-corrected chi connectivity index (χ3v) is 3.99. The van der Waals surface area contributed by atoms with Crippen LogP contribution < -0.4 is 4.74 Å². The summed E-state index contributed by atoms with van der Waals surface area (Å²) in [7, 11) is 1.53. The number of nitrogens with zero attached hydrogens (tertiary/aromatic N) is 4. The number of benzene rings is 1. The number of hydrogen-bond donors (Lipinski definition) is 0. The number of oxazole rings is 1. The van der Waals surface area contributed by atoms with Crippen molar-refractivity contribution in [2.45, 2.75) is 13.5 Å². The number of aryl methyl sites for hydroxylation is 1. The Balaban J connectivity index is 1.71. The molecule has 0 atom stereocenters. The lowest BCUT2D eigenvalue weighted by Gasteiger charge is -2.02. The predicted octanol–water partition coefficient (Wildman–Crippen LogP) is 3.59. The van der Waals surface area contributed by atoms with Gasteiger partial charge in [-0.1, -0.05) is 0 Å². The van der Waals surface area contributed by atoms with Crippen molar-refractivity contribution in [2.24, 2.45) is 0 Å². The fourth-order valence-corrected chi connectivity index (χ4v) is 2.66. The van der Waals surface area contributed by atoms with Crippen LogP contribution in [0.1, 0.15) is 11.5 Å². The van der Waals surface area contributed by atoms with Crippen LogP contribution in [0, 0.1) is 12.7 Å². The summed E-state index contributed by atoms with van der Waals surface area (Å²) in [6.07, 6.45) is 3.47. The Morgan fingerprint density at radius 2 is 2.16 bits per heavy atom. The standard InChI is InChI=1S/C18H15FN4O2/c1-11-16(10-23-17-12(9-21-23)4-3-7-20-17)22-18(25-11)14-8-13(24-2)5-6-15(14)19/h3-9H,10H2,1-2H3. The summed E-state index contributed by atoms with van der Waals surface area (Å²) in [5.74, 6) is 0.945. The molecule has 0 aliphatic rings. The Morgan fingerprint density at radius 3 is 3.00 bits per heavy atom. The smallest absolute Gasteiger partial charge is 0.229 e. The predicted molar refractivity (Wildman–Crippen MR) is 89.8 cm³/mol. The maximum Gasteiger partial charge on any atom is 0.229 e. The molecule has 0 spiro atoms. The molecule has 0 aliphatic carbocycles. The van der Waals surface area contributed by atoms with Gasteiger partial charge in [-0.15, -0.1) is 0 Å². The van der Waals surface area contributed by atoms with Crippen LogP contribution in [0.4, 0.5) is 4.39 Å². The van der Waals surface area contributed by atoms with Gasteiger partial charge in [0.15, 0.2) is 5.65 Å². The van der Waals surface area contributed by atoms with Crippen molar-refractivity contribution in [3.05, 3.63) is 60.0 Å². The Hall–Kier alpha value is -3.22. The lowest BCUT2D eigenvalue weighted by atomic mass is 10.2. The third kappa shape index (κ3) is 2.73. The minimum absolute atomic E-state index is 0.216. The van der Waals surface area contributed by atoms with Gasteiger partial charge in [-0.3, -0.25) is 0 Å². The van der Waals surface area contributed by atoms with Crippen LogP contribution in [0.2, 0.25) is 0 Å². The summed E-state index contributed by atoms with van der Waals surface area (Å²) in [5, 5.41) is 5.28. The van der Waals surface area contributed by atoms with Crippen molar-refractivity contribution in [3.63, 3.8) is 0 Å². The Morgan fingerprint density at radius 1 is 1.28 bits per heavy atom. The normalized spacial score (nSPS) is 11.2. The number of halogens is 1. The van der Waals surface area contributed by atoms with Crippen molar-refractivity contribution in [1.82, 2.24) is 19.7 Å². The summed E-state index contributed by atoms with van der Waals surface area (Å²) in [5.41, 5.74) is 1.70. The molecule has 0 radical (unpaired) electrons. The molecule has 3 heterocycles. The minimum Gasteiger partial charge on any atom is -0.497 e. The highest BCUT2D eigenvalue weighted by Crippen LogP contribution is 2.28. The van der Waals surface area contributed by atoms with Gasteiger partial charge in [-0.25, -0.2) is 19.0 Å². The van der Waals surface area contributed by atoms with Gasteiger partial charge in [-0.05, 0) is 37.3 Å². The number of pyridine rings is 1. The molecular weight excluding hydrogens is 323 g/mol. The van der Waals surface area contributed by atoms with E-state index in [1.54, 1.807) is 36.1 Å². The van der Waals surface area contributed by atoms with Gasteiger partial charge in [0.25, 0.3) is 0 Å². The molecular formula is C18H15FN4O2. The van der Waals surface area contributed by atoms with Gasteiger partial charge < -0.3 is 9.15 Å². The number of aromatic nitrogens is 4. The van der Waals surface area contributed by atoms with Crippen molar-refractivity contribution < 1.29 is 13.5 Å². The lowest BCUT2D eigenvalue weighted by Crippen LogP contribution is -2.04. The highest BCUT2D eigenvalue weighted by atomic mass is 19.1. The first-order valence-electron chi connectivity index (χ1n) is 7.72. The van der Waals surface area contributed by atoms with Gasteiger partial charge >= 0.3 is 0 Å². The second-order valence-electron chi connectivity index (χ2n) is 5.59. The molecule has 4 rings (SSSR count). The summed E-state index contributed by atoms with van der Waals surface area (Å²) in [6, 6.07) is 8.25. The van der Waals surface area contributed by atoms with E-state index in [4.69, 9.17) is 9.15 Å². The zero-order valence-electron chi connectivity index (χ0n) is 13.7. The zero-order chi connectivity index (χ0) is 17.4. The molecule has 0 amide bonds. The van der Waals surface area contributed by atoms with E-state index in [9.17, 15) is 4.39 Å². The van der Waals surface area contributed by atoms with Gasteiger partial charge in [0, 0.05) is 11.6 Å². The maximum absolute atomic E-state index is 14.1. The number of methoxy groups -OCH3 is 1. The first kappa shape index (κ1) is 15.3. The van der Waals surface area contributed by atoms with Crippen molar-refractivity contribution >= 4 is 11.0 Å². The highest BCUT2D eigenvalue weighted by Gasteiger charge is 2.17. The third-order valence-electron chi connectivity index (χ3n) is 3.99. The van der Waals surface area contributed by atoms with E-state index in [1.807, 2.05) is 12.1 Å². The molecule has 3 aromatic heterocycles. The SMILES string of the molecule is COc1ccc(F)c(-c2nc(Cn3ncc4cccnc43)c(C)o2)c1. The van der Waals surface area contributed by atoms with E-state index in [0.717, 1.165) is 11.0 Å². The Kier molecular flexibility index (Phi) is 3.68. The van der Waals surface area contributed by atoms with Crippen LogP contribution in [-0.4, -0.2) is 26.9 Å². The molecule has 6 nitrogen and oxygen atoms in total. The molecule has 0 aliphatic heterocycles. The van der Waals surface area contributed by atoms with Crippen LogP contribution in [0.25, 0.3) is 22.5 Å². The van der Waals surface area contributed by atoms with Crippen LogP contribution in [0.3, 0.4) is 0 Å². The van der Waals surface area contributed by atoms with E-state index < -0.39 is 5.82 Å². The van der Waals surface area contributed by atoms with E-state index in [2.05, 4.69) is 15.1 Å². The molecule has 0 N–H and O–H groups in total. The van der Waals surface area contributed by atoms with E-state index in [0.29, 0.717) is 23.7 Å². The van der Waals surface area contributed by atoms with Crippen LogP contribution in [0.5, 0.6) is 5.75 Å². The molecule has 1 aromatic carbocycles. The van der Waals surface area contributed by atoms with Crippen molar-refractivity contribution in [3.8, 4) is 17.2 Å². The molecule has 0 saturated carbocycles. The van der Waals surface area contributed by atoms with E-state index >= 15 is 0 Å². The van der Waals surface area contributed by atoms with Crippen molar-refractivity contribution in [1.29, 1.82) is 0 Å². The zero-order valence-corrected chi connectivity index (χ0v) is 13.7. The van der Waals surface area contributed by atoms with E-state index in [1.165, 1.54) is 13.2 Å². The molecule has 0 unspecified atom stereocenters. The molecule has 0 saturated heterocycles. The van der Waals surface area contributed by atoms with Crippen LogP contribution >= 0.6 is 0 Å². The topological polar surface area (TPSA) is 66.0 Å².